The van der Waals surface area contributed by atoms with Crippen molar-refractivity contribution < 1.29 is 4.79 Å². The van der Waals surface area contributed by atoms with Crippen LogP contribution >= 0.6 is 0 Å². The van der Waals surface area contributed by atoms with E-state index in [2.05, 4.69) is 17.2 Å². The van der Waals surface area contributed by atoms with Crippen LogP contribution < -0.4 is 10.6 Å². The zero-order chi connectivity index (χ0) is 9.52. The largest absolute Gasteiger partial charge is 0.334 e. The Bertz CT molecular complexity index is 213. The summed E-state index contributed by atoms with van der Waals surface area (Å²) in [6, 6.07) is -0.153. The molecule has 1 rings (SSSR count). The average Bonchev–Trinajstić information content (AvgIpc) is 2.64. The van der Waals surface area contributed by atoms with Crippen LogP contribution in [0.25, 0.3) is 0 Å². The molecule has 0 bridgehead atoms. The second-order valence-electron chi connectivity index (χ2n) is 3.15. The standard InChI is InChI=1S/C10H16N2O/c1-2-7-11-10(13)12-8-9-5-3-4-6-9/h2,8H,1,3-7H2,(H2,11,12,13). The molecule has 0 unspecified atom stereocenters. The van der Waals surface area contributed by atoms with Crippen molar-refractivity contribution in [2.45, 2.75) is 25.7 Å². The molecule has 2 N–H and O–H groups in total. The summed E-state index contributed by atoms with van der Waals surface area (Å²) in [6.07, 6.45) is 8.24. The van der Waals surface area contributed by atoms with Gasteiger partial charge in [0.1, 0.15) is 0 Å². The van der Waals surface area contributed by atoms with Gasteiger partial charge in [-0.05, 0) is 25.7 Å². The van der Waals surface area contributed by atoms with E-state index in [9.17, 15) is 4.79 Å². The molecule has 2 amide bonds. The van der Waals surface area contributed by atoms with Gasteiger partial charge >= 0.3 is 6.03 Å². The first-order valence-electron chi connectivity index (χ1n) is 4.66. The lowest BCUT2D eigenvalue weighted by atomic mass is 10.2. The van der Waals surface area contributed by atoms with Crippen LogP contribution in [-0.4, -0.2) is 12.6 Å². The van der Waals surface area contributed by atoms with E-state index in [1.807, 2.05) is 6.20 Å². The van der Waals surface area contributed by atoms with Crippen molar-refractivity contribution in [3.63, 3.8) is 0 Å². The zero-order valence-corrected chi connectivity index (χ0v) is 7.81. The molecule has 0 aliphatic heterocycles. The molecule has 1 aliphatic rings. The number of hydrogen-bond donors (Lipinski definition) is 2. The summed E-state index contributed by atoms with van der Waals surface area (Å²) in [5, 5.41) is 5.34. The highest BCUT2D eigenvalue weighted by atomic mass is 16.2. The van der Waals surface area contributed by atoms with Crippen molar-refractivity contribution in [3.8, 4) is 0 Å². The molecule has 1 saturated carbocycles. The van der Waals surface area contributed by atoms with E-state index in [4.69, 9.17) is 0 Å². The van der Waals surface area contributed by atoms with E-state index in [0.29, 0.717) is 6.54 Å². The minimum Gasteiger partial charge on any atom is -0.334 e. The molecule has 3 nitrogen and oxygen atoms in total. The number of carbonyl (C=O) groups excluding carboxylic acids is 1. The van der Waals surface area contributed by atoms with Gasteiger partial charge in [-0.1, -0.05) is 11.6 Å². The van der Waals surface area contributed by atoms with Crippen LogP contribution in [0, 0.1) is 0 Å². The molecule has 0 saturated heterocycles. The summed E-state index contributed by atoms with van der Waals surface area (Å²) in [6.45, 7) is 4.02. The van der Waals surface area contributed by atoms with Crippen molar-refractivity contribution in [2.24, 2.45) is 0 Å². The number of allylic oxidation sites excluding steroid dienone is 1. The molecule has 0 aromatic rings. The second kappa shape index (κ2) is 5.41. The highest BCUT2D eigenvalue weighted by molar-refractivity contribution is 5.75. The molecule has 3 heteroatoms. The third kappa shape index (κ3) is 3.78. The Labute approximate surface area is 78.9 Å². The molecular formula is C10H16N2O. The minimum absolute atomic E-state index is 0.153. The predicted octanol–water partition coefficient (Wildman–Crippen LogP) is 1.93. The van der Waals surface area contributed by atoms with E-state index in [-0.39, 0.29) is 6.03 Å². The lowest BCUT2D eigenvalue weighted by Gasteiger charge is -2.01. The molecule has 0 radical (unpaired) electrons. The molecule has 0 heterocycles. The second-order valence-corrected chi connectivity index (χ2v) is 3.15. The van der Waals surface area contributed by atoms with Crippen molar-refractivity contribution in [2.75, 3.05) is 6.54 Å². The monoisotopic (exact) mass is 180 g/mol. The molecule has 0 aromatic heterocycles. The van der Waals surface area contributed by atoms with Gasteiger partial charge in [0.2, 0.25) is 0 Å². The fourth-order valence-corrected chi connectivity index (χ4v) is 1.36. The maximum absolute atomic E-state index is 11.0. The van der Waals surface area contributed by atoms with Crippen LogP contribution in [0.4, 0.5) is 4.79 Å². The van der Waals surface area contributed by atoms with E-state index < -0.39 is 0 Å². The molecule has 0 atom stereocenters. The fraction of sp³-hybridized carbons (Fsp3) is 0.500. The lowest BCUT2D eigenvalue weighted by Crippen LogP contribution is -2.32. The van der Waals surface area contributed by atoms with Gasteiger partial charge in [-0.3, -0.25) is 0 Å². The van der Waals surface area contributed by atoms with E-state index in [1.165, 1.54) is 18.4 Å². The van der Waals surface area contributed by atoms with Crippen molar-refractivity contribution >= 4 is 6.03 Å². The van der Waals surface area contributed by atoms with Crippen LogP contribution in [0.15, 0.2) is 24.4 Å². The Kier molecular flexibility index (Phi) is 4.09. The number of rotatable bonds is 3. The quantitative estimate of drug-likeness (QED) is 0.640. The first kappa shape index (κ1) is 9.84. The molecule has 13 heavy (non-hydrogen) atoms. The Hall–Kier alpha value is -1.25. The Balaban J connectivity index is 2.20. The van der Waals surface area contributed by atoms with Gasteiger partial charge in [0.25, 0.3) is 0 Å². The summed E-state index contributed by atoms with van der Waals surface area (Å²) in [7, 11) is 0. The first-order valence-corrected chi connectivity index (χ1v) is 4.66. The molecule has 1 aliphatic carbocycles. The maximum Gasteiger partial charge on any atom is 0.319 e. The molecule has 72 valence electrons. The van der Waals surface area contributed by atoms with Crippen LogP contribution in [-0.2, 0) is 0 Å². The van der Waals surface area contributed by atoms with Crippen LogP contribution in [0.3, 0.4) is 0 Å². The van der Waals surface area contributed by atoms with Crippen LogP contribution in [0.5, 0.6) is 0 Å². The number of amides is 2. The third-order valence-electron chi connectivity index (χ3n) is 2.06. The molecule has 1 fully saturated rings. The summed E-state index contributed by atoms with van der Waals surface area (Å²) in [4.78, 5) is 11.0. The van der Waals surface area contributed by atoms with Gasteiger partial charge in [0, 0.05) is 12.7 Å². The maximum atomic E-state index is 11.0. The minimum atomic E-state index is -0.153. The Morgan fingerprint density at radius 2 is 2.15 bits per heavy atom. The normalized spacial score (nSPS) is 15.2. The first-order chi connectivity index (χ1) is 6.33. The predicted molar refractivity (Wildman–Crippen MR) is 53.3 cm³/mol. The highest BCUT2D eigenvalue weighted by Crippen LogP contribution is 2.22. The van der Waals surface area contributed by atoms with Gasteiger partial charge in [0.05, 0.1) is 0 Å². The van der Waals surface area contributed by atoms with E-state index in [1.54, 1.807) is 6.08 Å². The molecule has 0 aromatic carbocycles. The average molecular weight is 180 g/mol. The summed E-state index contributed by atoms with van der Waals surface area (Å²) >= 11 is 0. The van der Waals surface area contributed by atoms with Gasteiger partial charge in [0.15, 0.2) is 0 Å². The van der Waals surface area contributed by atoms with Crippen molar-refractivity contribution in [1.82, 2.24) is 10.6 Å². The summed E-state index contributed by atoms with van der Waals surface area (Å²) in [5.41, 5.74) is 1.34. The highest BCUT2D eigenvalue weighted by Gasteiger charge is 2.06. The molecular weight excluding hydrogens is 164 g/mol. The lowest BCUT2D eigenvalue weighted by molar-refractivity contribution is 0.245. The number of carbonyl (C=O) groups is 1. The van der Waals surface area contributed by atoms with Gasteiger partial charge in [-0.25, -0.2) is 4.79 Å². The van der Waals surface area contributed by atoms with Crippen LogP contribution in [0.2, 0.25) is 0 Å². The van der Waals surface area contributed by atoms with Crippen molar-refractivity contribution in [3.05, 3.63) is 24.4 Å². The number of hydrogen-bond acceptors (Lipinski definition) is 1. The zero-order valence-electron chi connectivity index (χ0n) is 7.81. The summed E-state index contributed by atoms with van der Waals surface area (Å²) < 4.78 is 0. The number of urea groups is 1. The van der Waals surface area contributed by atoms with E-state index >= 15 is 0 Å². The fourth-order valence-electron chi connectivity index (χ4n) is 1.36. The third-order valence-corrected chi connectivity index (χ3v) is 2.06. The SMILES string of the molecule is C=CCNC(=O)NC=C1CCCC1. The van der Waals surface area contributed by atoms with Gasteiger partial charge in [-0.2, -0.15) is 0 Å². The summed E-state index contributed by atoms with van der Waals surface area (Å²) in [5.74, 6) is 0. The van der Waals surface area contributed by atoms with Crippen LogP contribution in [0.1, 0.15) is 25.7 Å². The Morgan fingerprint density at radius 3 is 2.77 bits per heavy atom. The molecule has 0 spiro atoms. The topological polar surface area (TPSA) is 41.1 Å². The number of nitrogens with one attached hydrogen (secondary N) is 2. The van der Waals surface area contributed by atoms with Gasteiger partial charge < -0.3 is 10.6 Å². The smallest absolute Gasteiger partial charge is 0.319 e. The van der Waals surface area contributed by atoms with Gasteiger partial charge in [-0.15, -0.1) is 6.58 Å². The van der Waals surface area contributed by atoms with Crippen molar-refractivity contribution in [1.29, 1.82) is 0 Å². The van der Waals surface area contributed by atoms with E-state index in [0.717, 1.165) is 12.8 Å². The Morgan fingerprint density at radius 1 is 1.46 bits per heavy atom.